The molecule has 0 saturated heterocycles. The Bertz CT molecular complexity index is 919. The molecule has 0 saturated carbocycles. The molecule has 140 valence electrons. The number of esters is 1. The molecule has 1 heterocycles. The van der Waals surface area contributed by atoms with Crippen LogP contribution in [0, 0.1) is 0 Å². The van der Waals surface area contributed by atoms with Crippen molar-refractivity contribution in [1.29, 1.82) is 0 Å². The van der Waals surface area contributed by atoms with Crippen LogP contribution < -0.4 is 14.2 Å². The van der Waals surface area contributed by atoms with Crippen LogP contribution in [-0.4, -0.2) is 32.3 Å². The Morgan fingerprint density at radius 1 is 0.963 bits per heavy atom. The van der Waals surface area contributed by atoms with Gasteiger partial charge in [0.1, 0.15) is 11.3 Å². The van der Waals surface area contributed by atoms with Gasteiger partial charge in [0, 0.05) is 17.7 Å². The first-order chi connectivity index (χ1) is 13.2. The summed E-state index contributed by atoms with van der Waals surface area (Å²) in [5.41, 5.74) is 1.11. The highest BCUT2D eigenvalue weighted by Crippen LogP contribution is 2.35. The number of oxazole rings is 1. The molecule has 3 aromatic rings. The first kappa shape index (κ1) is 18.3. The number of benzene rings is 2. The van der Waals surface area contributed by atoms with E-state index in [0.717, 1.165) is 5.56 Å². The minimum atomic E-state index is -0.590. The van der Waals surface area contributed by atoms with Gasteiger partial charge in [-0.1, -0.05) is 30.3 Å². The van der Waals surface area contributed by atoms with Crippen molar-refractivity contribution in [2.24, 2.45) is 0 Å². The van der Waals surface area contributed by atoms with Crippen molar-refractivity contribution in [3.8, 4) is 28.6 Å². The Morgan fingerprint density at radius 2 is 1.63 bits per heavy atom. The predicted octanol–water partition coefficient (Wildman–Crippen LogP) is 3.72. The molecule has 27 heavy (non-hydrogen) atoms. The summed E-state index contributed by atoms with van der Waals surface area (Å²) in [6, 6.07) is 12.6. The summed E-state index contributed by atoms with van der Waals surface area (Å²) in [5.74, 6) is 1.47. The number of carbonyl (C=O) groups is 1. The summed E-state index contributed by atoms with van der Waals surface area (Å²) in [7, 11) is 4.44. The molecule has 2 aromatic carbocycles. The first-order valence-electron chi connectivity index (χ1n) is 8.13. The molecule has 0 N–H and O–H groups in total. The quantitative estimate of drug-likeness (QED) is 0.587. The number of methoxy groups -OCH3 is 3. The summed E-state index contributed by atoms with van der Waals surface area (Å²) in [6.45, 7) is -0.108. The lowest BCUT2D eigenvalue weighted by atomic mass is 10.1. The van der Waals surface area contributed by atoms with Crippen LogP contribution in [0.1, 0.15) is 16.2 Å². The Hall–Kier alpha value is -3.48. The van der Waals surface area contributed by atoms with E-state index in [9.17, 15) is 4.79 Å². The Labute approximate surface area is 156 Å². The van der Waals surface area contributed by atoms with Crippen LogP contribution in [0.3, 0.4) is 0 Å². The summed E-state index contributed by atoms with van der Waals surface area (Å²) >= 11 is 0. The zero-order valence-corrected chi connectivity index (χ0v) is 15.2. The maximum Gasteiger partial charge on any atom is 0.342 e. The van der Waals surface area contributed by atoms with Crippen molar-refractivity contribution in [1.82, 2.24) is 4.98 Å². The third-order valence-corrected chi connectivity index (χ3v) is 3.86. The fraction of sp³-hybridized carbons (Fsp3) is 0.200. The number of rotatable bonds is 7. The smallest absolute Gasteiger partial charge is 0.342 e. The second-order valence-corrected chi connectivity index (χ2v) is 5.47. The van der Waals surface area contributed by atoms with Crippen molar-refractivity contribution in [2.45, 2.75) is 6.61 Å². The second-order valence-electron chi connectivity index (χ2n) is 5.47. The van der Waals surface area contributed by atoms with Gasteiger partial charge in [0.2, 0.25) is 5.89 Å². The van der Waals surface area contributed by atoms with Gasteiger partial charge in [-0.3, -0.25) is 0 Å². The minimum Gasteiger partial charge on any atom is -0.496 e. The van der Waals surface area contributed by atoms with Gasteiger partial charge in [-0.05, 0) is 0 Å². The van der Waals surface area contributed by atoms with Gasteiger partial charge in [0.25, 0.3) is 0 Å². The van der Waals surface area contributed by atoms with Gasteiger partial charge in [0.15, 0.2) is 23.9 Å². The molecule has 0 fully saturated rings. The van der Waals surface area contributed by atoms with Crippen molar-refractivity contribution in [3.63, 3.8) is 0 Å². The first-order valence-corrected chi connectivity index (χ1v) is 8.13. The molecule has 0 aliphatic carbocycles. The van der Waals surface area contributed by atoms with E-state index in [2.05, 4.69) is 4.98 Å². The Balaban J connectivity index is 1.74. The van der Waals surface area contributed by atoms with Crippen LogP contribution in [0.5, 0.6) is 17.2 Å². The lowest BCUT2D eigenvalue weighted by molar-refractivity contribution is 0.0435. The van der Waals surface area contributed by atoms with E-state index in [0.29, 0.717) is 28.9 Å². The molecular formula is C20H19NO6. The fourth-order valence-electron chi connectivity index (χ4n) is 2.51. The molecule has 0 radical (unpaired) electrons. The third kappa shape index (κ3) is 4.03. The third-order valence-electron chi connectivity index (χ3n) is 3.86. The number of carbonyl (C=O) groups excluding carboxylic acids is 1. The summed E-state index contributed by atoms with van der Waals surface area (Å²) in [4.78, 5) is 16.6. The second kappa shape index (κ2) is 8.27. The molecule has 0 amide bonds. The van der Waals surface area contributed by atoms with E-state index in [1.54, 1.807) is 12.3 Å². The van der Waals surface area contributed by atoms with Gasteiger partial charge in [-0.2, -0.15) is 0 Å². The molecule has 0 bridgehead atoms. The van der Waals surface area contributed by atoms with Crippen molar-refractivity contribution < 1.29 is 28.2 Å². The van der Waals surface area contributed by atoms with Gasteiger partial charge in [-0.25, -0.2) is 9.78 Å². The number of hydrogen-bond donors (Lipinski definition) is 0. The highest BCUT2D eigenvalue weighted by Gasteiger charge is 2.20. The molecule has 0 aliphatic rings. The largest absolute Gasteiger partial charge is 0.496 e. The molecule has 1 aromatic heterocycles. The molecule has 0 unspecified atom stereocenters. The maximum atomic E-state index is 12.5. The summed E-state index contributed by atoms with van der Waals surface area (Å²) in [6.07, 6.45) is 1.59. The van der Waals surface area contributed by atoms with Crippen LogP contribution >= 0.6 is 0 Å². The van der Waals surface area contributed by atoms with Crippen LogP contribution in [0.4, 0.5) is 0 Å². The van der Waals surface area contributed by atoms with E-state index in [4.69, 9.17) is 23.4 Å². The highest BCUT2D eigenvalue weighted by molar-refractivity contribution is 5.93. The van der Waals surface area contributed by atoms with E-state index in [-0.39, 0.29) is 12.2 Å². The molecule has 7 nitrogen and oxygen atoms in total. The zero-order chi connectivity index (χ0) is 19.2. The summed E-state index contributed by atoms with van der Waals surface area (Å²) < 4.78 is 26.6. The average molecular weight is 369 g/mol. The zero-order valence-electron chi connectivity index (χ0n) is 15.2. The lowest BCUT2D eigenvalue weighted by Crippen LogP contribution is -2.08. The molecule has 7 heteroatoms. The predicted molar refractivity (Wildman–Crippen MR) is 97.2 cm³/mol. The number of hydrogen-bond acceptors (Lipinski definition) is 7. The van der Waals surface area contributed by atoms with Crippen LogP contribution in [0.25, 0.3) is 11.3 Å². The number of nitrogens with zero attached hydrogens (tertiary/aromatic N) is 1. The Morgan fingerprint density at radius 3 is 2.30 bits per heavy atom. The van der Waals surface area contributed by atoms with E-state index < -0.39 is 5.97 Å². The van der Waals surface area contributed by atoms with Gasteiger partial charge >= 0.3 is 5.97 Å². The number of ether oxygens (including phenoxy) is 4. The van der Waals surface area contributed by atoms with Gasteiger partial charge < -0.3 is 23.4 Å². The van der Waals surface area contributed by atoms with E-state index >= 15 is 0 Å². The van der Waals surface area contributed by atoms with Crippen LogP contribution in [0.15, 0.2) is 53.1 Å². The molecule has 0 atom stereocenters. The fourth-order valence-corrected chi connectivity index (χ4v) is 2.51. The SMILES string of the molecule is COc1cc(OC)c(C(=O)OCc2ncc(-c3ccccc3)o2)cc1OC. The van der Waals surface area contributed by atoms with E-state index in [1.165, 1.54) is 27.4 Å². The summed E-state index contributed by atoms with van der Waals surface area (Å²) in [5, 5.41) is 0. The minimum absolute atomic E-state index is 0.108. The Kier molecular flexibility index (Phi) is 5.61. The average Bonchev–Trinajstić information content (AvgIpc) is 3.20. The monoisotopic (exact) mass is 369 g/mol. The normalized spacial score (nSPS) is 10.3. The topological polar surface area (TPSA) is 80.0 Å². The highest BCUT2D eigenvalue weighted by atomic mass is 16.5. The van der Waals surface area contributed by atoms with Crippen molar-refractivity contribution in [2.75, 3.05) is 21.3 Å². The van der Waals surface area contributed by atoms with Crippen molar-refractivity contribution in [3.05, 3.63) is 60.1 Å². The molecular weight excluding hydrogens is 350 g/mol. The lowest BCUT2D eigenvalue weighted by Gasteiger charge is -2.13. The van der Waals surface area contributed by atoms with E-state index in [1.807, 2.05) is 30.3 Å². The van der Waals surface area contributed by atoms with Crippen LogP contribution in [0.2, 0.25) is 0 Å². The standard InChI is InChI=1S/C20H19NO6/c1-23-15-10-17(25-3)16(24-2)9-14(15)20(22)26-12-19-21-11-18(27-19)13-7-5-4-6-8-13/h4-11H,12H2,1-3H3. The van der Waals surface area contributed by atoms with Crippen molar-refractivity contribution >= 4 is 5.97 Å². The van der Waals surface area contributed by atoms with Crippen LogP contribution in [-0.2, 0) is 11.3 Å². The molecule has 0 aliphatic heterocycles. The van der Waals surface area contributed by atoms with Gasteiger partial charge in [-0.15, -0.1) is 0 Å². The molecule has 0 spiro atoms. The molecule has 3 rings (SSSR count). The maximum absolute atomic E-state index is 12.5. The number of aromatic nitrogens is 1. The van der Waals surface area contributed by atoms with Gasteiger partial charge in [0.05, 0.1) is 27.5 Å².